The van der Waals surface area contributed by atoms with Crippen LogP contribution in [-0.4, -0.2) is 20.5 Å². The number of ketones is 1. The van der Waals surface area contributed by atoms with E-state index in [1.54, 1.807) is 6.92 Å². The van der Waals surface area contributed by atoms with Crippen LogP contribution in [0.25, 0.3) is 11.3 Å². The standard InChI is InChI=1S/C20H18N4O4/c1-3-23-20(26)19(21-15-9-11-16(12-10-15)24(27)28)17(13(2)25)18(22-23)14-7-5-4-6-8-14/h4-12,21H,3H2,1-2H3. The van der Waals surface area contributed by atoms with Crippen LogP contribution in [0.15, 0.2) is 59.4 Å². The van der Waals surface area contributed by atoms with E-state index in [1.807, 2.05) is 30.3 Å². The number of nitro groups is 1. The maximum absolute atomic E-state index is 12.9. The molecule has 0 saturated carbocycles. The molecule has 0 fully saturated rings. The first-order valence-corrected chi connectivity index (χ1v) is 8.65. The normalized spacial score (nSPS) is 10.5. The van der Waals surface area contributed by atoms with Crippen LogP contribution >= 0.6 is 0 Å². The molecule has 3 aromatic rings. The van der Waals surface area contributed by atoms with E-state index in [0.717, 1.165) is 0 Å². The maximum atomic E-state index is 12.9. The van der Waals surface area contributed by atoms with Crippen molar-refractivity contribution in [2.24, 2.45) is 0 Å². The molecule has 0 spiro atoms. The molecular formula is C20H18N4O4. The highest BCUT2D eigenvalue weighted by molar-refractivity contribution is 6.05. The SMILES string of the molecule is CCn1nc(-c2ccccc2)c(C(C)=O)c(Nc2ccc([N+](=O)[O-])cc2)c1=O. The molecule has 1 N–H and O–H groups in total. The molecule has 0 atom stereocenters. The van der Waals surface area contributed by atoms with Gasteiger partial charge in [0.1, 0.15) is 11.4 Å². The van der Waals surface area contributed by atoms with Crippen molar-refractivity contribution in [3.05, 3.63) is 80.6 Å². The lowest BCUT2D eigenvalue weighted by atomic mass is 10.0. The predicted octanol–water partition coefficient (Wildman–Crippen LogP) is 3.78. The van der Waals surface area contributed by atoms with Crippen LogP contribution in [0.2, 0.25) is 0 Å². The first-order valence-electron chi connectivity index (χ1n) is 8.65. The highest BCUT2D eigenvalue weighted by Crippen LogP contribution is 2.28. The molecule has 0 radical (unpaired) electrons. The largest absolute Gasteiger partial charge is 0.350 e. The van der Waals surface area contributed by atoms with Gasteiger partial charge in [-0.3, -0.25) is 19.7 Å². The van der Waals surface area contributed by atoms with Crippen molar-refractivity contribution in [3.63, 3.8) is 0 Å². The summed E-state index contributed by atoms with van der Waals surface area (Å²) in [5, 5.41) is 18.2. The highest BCUT2D eigenvalue weighted by atomic mass is 16.6. The number of aryl methyl sites for hydroxylation is 1. The third-order valence-electron chi connectivity index (χ3n) is 4.20. The van der Waals surface area contributed by atoms with Crippen LogP contribution in [0, 0.1) is 10.1 Å². The Balaban J connectivity index is 2.19. The van der Waals surface area contributed by atoms with Gasteiger partial charge in [-0.2, -0.15) is 5.10 Å². The van der Waals surface area contributed by atoms with E-state index in [0.29, 0.717) is 23.5 Å². The Hall–Kier alpha value is -3.81. The van der Waals surface area contributed by atoms with Gasteiger partial charge in [0.05, 0.1) is 10.5 Å². The zero-order valence-electron chi connectivity index (χ0n) is 15.4. The fraction of sp³-hybridized carbons (Fsp3) is 0.150. The topological polar surface area (TPSA) is 107 Å². The van der Waals surface area contributed by atoms with E-state index in [9.17, 15) is 19.7 Å². The Morgan fingerprint density at radius 2 is 1.79 bits per heavy atom. The van der Waals surface area contributed by atoms with E-state index in [1.165, 1.54) is 35.9 Å². The van der Waals surface area contributed by atoms with Gasteiger partial charge >= 0.3 is 0 Å². The second kappa shape index (κ2) is 7.83. The zero-order chi connectivity index (χ0) is 20.3. The molecular weight excluding hydrogens is 360 g/mol. The average molecular weight is 378 g/mol. The van der Waals surface area contributed by atoms with E-state index in [2.05, 4.69) is 10.4 Å². The van der Waals surface area contributed by atoms with Gasteiger partial charge in [0.2, 0.25) is 0 Å². The van der Waals surface area contributed by atoms with E-state index in [-0.39, 0.29) is 22.7 Å². The molecule has 28 heavy (non-hydrogen) atoms. The molecule has 142 valence electrons. The Bertz CT molecular complexity index is 1090. The molecule has 1 aromatic heterocycles. The van der Waals surface area contributed by atoms with Gasteiger partial charge in [0.15, 0.2) is 5.78 Å². The number of hydrogen-bond acceptors (Lipinski definition) is 6. The van der Waals surface area contributed by atoms with Crippen molar-refractivity contribution < 1.29 is 9.72 Å². The third kappa shape index (κ3) is 3.66. The molecule has 0 unspecified atom stereocenters. The van der Waals surface area contributed by atoms with Crippen molar-refractivity contribution >= 4 is 22.8 Å². The molecule has 3 rings (SSSR count). The number of rotatable bonds is 6. The number of carbonyl (C=O) groups is 1. The van der Waals surface area contributed by atoms with Crippen molar-refractivity contribution in [3.8, 4) is 11.3 Å². The average Bonchev–Trinajstić information content (AvgIpc) is 2.70. The zero-order valence-corrected chi connectivity index (χ0v) is 15.4. The fourth-order valence-corrected chi connectivity index (χ4v) is 2.85. The van der Waals surface area contributed by atoms with Gasteiger partial charge < -0.3 is 5.32 Å². The molecule has 1 heterocycles. The lowest BCUT2D eigenvalue weighted by molar-refractivity contribution is -0.384. The molecule has 0 saturated heterocycles. The molecule has 0 bridgehead atoms. The van der Waals surface area contributed by atoms with Gasteiger partial charge in [-0.25, -0.2) is 4.68 Å². The van der Waals surface area contributed by atoms with Gasteiger partial charge in [0, 0.05) is 29.9 Å². The van der Waals surface area contributed by atoms with Crippen molar-refractivity contribution in [1.82, 2.24) is 9.78 Å². The Morgan fingerprint density at radius 1 is 1.14 bits per heavy atom. The summed E-state index contributed by atoms with van der Waals surface area (Å²) in [5.41, 5.74) is 1.34. The van der Waals surface area contributed by atoms with Gasteiger partial charge in [0.25, 0.3) is 11.2 Å². The Labute approximate surface area is 160 Å². The van der Waals surface area contributed by atoms with E-state index >= 15 is 0 Å². The summed E-state index contributed by atoms with van der Waals surface area (Å²) in [5.74, 6) is -0.309. The smallest absolute Gasteiger partial charge is 0.291 e. The number of nitrogens with zero attached hydrogens (tertiary/aromatic N) is 3. The van der Waals surface area contributed by atoms with E-state index < -0.39 is 10.5 Å². The number of nitrogens with one attached hydrogen (secondary N) is 1. The number of non-ortho nitro benzene ring substituents is 1. The summed E-state index contributed by atoms with van der Waals surface area (Å²) in [7, 11) is 0. The minimum absolute atomic E-state index is 0.0667. The second-order valence-electron chi connectivity index (χ2n) is 6.07. The van der Waals surface area contributed by atoms with Gasteiger partial charge in [-0.15, -0.1) is 0 Å². The highest BCUT2D eigenvalue weighted by Gasteiger charge is 2.22. The van der Waals surface area contributed by atoms with Crippen LogP contribution < -0.4 is 10.9 Å². The summed E-state index contributed by atoms with van der Waals surface area (Å²) < 4.78 is 1.28. The van der Waals surface area contributed by atoms with Crippen molar-refractivity contribution in [2.45, 2.75) is 20.4 Å². The van der Waals surface area contributed by atoms with Gasteiger partial charge in [-0.1, -0.05) is 30.3 Å². The summed E-state index contributed by atoms with van der Waals surface area (Å²) in [6.45, 7) is 3.48. The number of anilines is 2. The van der Waals surface area contributed by atoms with Crippen LogP contribution in [0.3, 0.4) is 0 Å². The second-order valence-corrected chi connectivity index (χ2v) is 6.07. The lowest BCUT2D eigenvalue weighted by Gasteiger charge is -2.16. The Morgan fingerprint density at radius 3 is 2.32 bits per heavy atom. The molecule has 8 nitrogen and oxygen atoms in total. The first-order chi connectivity index (χ1) is 13.4. The molecule has 0 amide bonds. The molecule has 0 aliphatic rings. The van der Waals surface area contributed by atoms with Crippen LogP contribution in [0.5, 0.6) is 0 Å². The van der Waals surface area contributed by atoms with Crippen LogP contribution in [0.1, 0.15) is 24.2 Å². The third-order valence-corrected chi connectivity index (χ3v) is 4.20. The molecule has 0 aliphatic heterocycles. The summed E-state index contributed by atoms with van der Waals surface area (Å²) in [4.78, 5) is 35.6. The number of aromatic nitrogens is 2. The minimum atomic E-state index is -0.505. The fourth-order valence-electron chi connectivity index (χ4n) is 2.85. The molecule has 0 aliphatic carbocycles. The summed E-state index contributed by atoms with van der Waals surface area (Å²) >= 11 is 0. The lowest BCUT2D eigenvalue weighted by Crippen LogP contribution is -2.28. The summed E-state index contributed by atoms with van der Waals surface area (Å²) in [6.07, 6.45) is 0. The quantitative estimate of drug-likeness (QED) is 0.397. The monoisotopic (exact) mass is 378 g/mol. The van der Waals surface area contributed by atoms with E-state index in [4.69, 9.17) is 0 Å². The predicted molar refractivity (Wildman–Crippen MR) is 106 cm³/mol. The Kier molecular flexibility index (Phi) is 5.30. The maximum Gasteiger partial charge on any atom is 0.291 e. The molecule has 2 aromatic carbocycles. The number of hydrogen-bond donors (Lipinski definition) is 1. The van der Waals surface area contributed by atoms with Crippen LogP contribution in [0.4, 0.5) is 17.1 Å². The minimum Gasteiger partial charge on any atom is -0.350 e. The number of Topliss-reactive ketones (excluding diaryl/α,β-unsaturated/α-hetero) is 1. The first kappa shape index (κ1) is 19.0. The molecule has 8 heteroatoms. The number of nitro benzene ring substituents is 1. The summed E-state index contributed by atoms with van der Waals surface area (Å²) in [6, 6.07) is 14.8. The number of benzene rings is 2. The van der Waals surface area contributed by atoms with Crippen molar-refractivity contribution in [2.75, 3.05) is 5.32 Å². The van der Waals surface area contributed by atoms with Crippen molar-refractivity contribution in [1.29, 1.82) is 0 Å². The number of carbonyl (C=O) groups excluding carboxylic acids is 1. The van der Waals surface area contributed by atoms with Crippen LogP contribution in [-0.2, 0) is 6.54 Å². The van der Waals surface area contributed by atoms with Gasteiger partial charge in [-0.05, 0) is 26.0 Å².